The number of hydrogen-bond donors (Lipinski definition) is 0. The van der Waals surface area contributed by atoms with Crippen molar-refractivity contribution in [2.45, 2.75) is 13.0 Å². The molecule has 2 heterocycles. The van der Waals surface area contributed by atoms with Crippen molar-refractivity contribution in [1.29, 1.82) is 0 Å². The number of fused-ring (bicyclic) bond motifs is 1. The minimum absolute atomic E-state index is 0.0185. The summed E-state index contributed by atoms with van der Waals surface area (Å²) < 4.78 is 0.856. The number of pyridine rings is 1. The number of rotatable bonds is 2. The molecule has 0 spiro atoms. The van der Waals surface area contributed by atoms with Gasteiger partial charge >= 0.3 is 0 Å². The van der Waals surface area contributed by atoms with Crippen LogP contribution in [0.3, 0.4) is 0 Å². The van der Waals surface area contributed by atoms with Crippen LogP contribution in [0.4, 0.5) is 0 Å². The molecule has 0 radical (unpaired) electrons. The summed E-state index contributed by atoms with van der Waals surface area (Å²) in [6.07, 6.45) is 4.11. The molecule has 2 atom stereocenters. The molecule has 2 fully saturated rings. The minimum Gasteiger partial charge on any atom is -0.278 e. The van der Waals surface area contributed by atoms with Crippen molar-refractivity contribution in [3.63, 3.8) is 0 Å². The van der Waals surface area contributed by atoms with E-state index in [0.29, 0.717) is 6.54 Å². The Kier molecular flexibility index (Phi) is 2.10. The van der Waals surface area contributed by atoms with Crippen LogP contribution in [0.25, 0.3) is 0 Å². The average molecular weight is 281 g/mol. The quantitative estimate of drug-likeness (QED) is 0.769. The van der Waals surface area contributed by atoms with Crippen LogP contribution < -0.4 is 0 Å². The molecule has 1 saturated heterocycles. The predicted octanol–water partition coefficient (Wildman–Crippen LogP) is 1.35. The zero-order valence-corrected chi connectivity index (χ0v) is 9.98. The SMILES string of the molecule is O=C1C2CC2C(=O)N1Cc1cncc(Br)c1. The maximum absolute atomic E-state index is 11.7. The first-order chi connectivity index (χ1) is 7.66. The van der Waals surface area contributed by atoms with Crippen LogP contribution in [0.5, 0.6) is 0 Å². The third-order valence-corrected chi connectivity index (χ3v) is 3.49. The van der Waals surface area contributed by atoms with Gasteiger partial charge in [0.15, 0.2) is 0 Å². The summed E-state index contributed by atoms with van der Waals surface area (Å²) in [5.74, 6) is -0.0785. The zero-order chi connectivity index (χ0) is 11.3. The topological polar surface area (TPSA) is 50.3 Å². The number of carbonyl (C=O) groups excluding carboxylic acids is 2. The van der Waals surface area contributed by atoms with E-state index in [1.807, 2.05) is 6.07 Å². The molecule has 82 valence electrons. The molecule has 4 nitrogen and oxygen atoms in total. The van der Waals surface area contributed by atoms with Crippen LogP contribution in [0.1, 0.15) is 12.0 Å². The maximum Gasteiger partial charge on any atom is 0.233 e. The highest BCUT2D eigenvalue weighted by molar-refractivity contribution is 9.10. The Morgan fingerprint density at radius 1 is 1.31 bits per heavy atom. The first-order valence-electron chi connectivity index (χ1n) is 5.11. The van der Waals surface area contributed by atoms with E-state index in [0.717, 1.165) is 16.5 Å². The molecule has 16 heavy (non-hydrogen) atoms. The fraction of sp³-hybridized carbons (Fsp3) is 0.364. The van der Waals surface area contributed by atoms with Crippen LogP contribution >= 0.6 is 15.9 Å². The molecule has 0 aromatic carbocycles. The number of nitrogens with zero attached hydrogens (tertiary/aromatic N) is 2. The highest BCUT2D eigenvalue weighted by Gasteiger charge is 2.58. The van der Waals surface area contributed by atoms with Crippen LogP contribution in [0.15, 0.2) is 22.9 Å². The van der Waals surface area contributed by atoms with Crippen molar-refractivity contribution in [2.24, 2.45) is 11.8 Å². The first kappa shape index (κ1) is 9.96. The maximum atomic E-state index is 11.7. The number of halogens is 1. The van der Waals surface area contributed by atoms with Gasteiger partial charge in [-0.3, -0.25) is 19.5 Å². The number of piperidine rings is 1. The first-order valence-corrected chi connectivity index (χ1v) is 5.91. The zero-order valence-electron chi connectivity index (χ0n) is 8.39. The molecule has 0 bridgehead atoms. The van der Waals surface area contributed by atoms with Gasteiger partial charge in [-0.25, -0.2) is 0 Å². The standard InChI is InChI=1S/C11H9BrN2O2/c12-7-1-6(3-13-4-7)5-14-10(15)8-2-9(8)11(14)16/h1,3-4,8-9H,2,5H2. The Hall–Kier alpha value is -1.23. The number of aromatic nitrogens is 1. The van der Waals surface area contributed by atoms with E-state index >= 15 is 0 Å². The van der Waals surface area contributed by atoms with E-state index < -0.39 is 0 Å². The lowest BCUT2D eigenvalue weighted by atomic mass is 10.2. The van der Waals surface area contributed by atoms with E-state index in [1.165, 1.54) is 4.90 Å². The van der Waals surface area contributed by atoms with Gasteiger partial charge in [0.2, 0.25) is 11.8 Å². The Morgan fingerprint density at radius 3 is 2.62 bits per heavy atom. The molecule has 1 aliphatic heterocycles. The smallest absolute Gasteiger partial charge is 0.233 e. The fourth-order valence-electron chi connectivity index (χ4n) is 2.13. The van der Waals surface area contributed by atoms with Gasteiger partial charge in [-0.1, -0.05) is 0 Å². The third-order valence-electron chi connectivity index (χ3n) is 3.06. The van der Waals surface area contributed by atoms with Crippen molar-refractivity contribution in [3.8, 4) is 0 Å². The molecule has 1 aliphatic carbocycles. The van der Waals surface area contributed by atoms with Crippen LogP contribution in [0, 0.1) is 11.8 Å². The minimum atomic E-state index is -0.0207. The molecule has 5 heteroatoms. The summed E-state index contributed by atoms with van der Waals surface area (Å²) in [5.41, 5.74) is 0.873. The monoisotopic (exact) mass is 280 g/mol. The number of likely N-dealkylation sites (tertiary alicyclic amines) is 1. The fourth-order valence-corrected chi connectivity index (χ4v) is 2.54. The van der Waals surface area contributed by atoms with Crippen LogP contribution in [-0.2, 0) is 16.1 Å². The lowest BCUT2D eigenvalue weighted by molar-refractivity contribution is -0.142. The molecular weight excluding hydrogens is 272 g/mol. The third kappa shape index (κ3) is 1.46. The Bertz CT molecular complexity index is 469. The van der Waals surface area contributed by atoms with Gasteiger partial charge in [0.25, 0.3) is 0 Å². The van der Waals surface area contributed by atoms with Gasteiger partial charge in [-0.2, -0.15) is 0 Å². The van der Waals surface area contributed by atoms with Crippen molar-refractivity contribution < 1.29 is 9.59 Å². The van der Waals surface area contributed by atoms with E-state index in [4.69, 9.17) is 0 Å². The highest BCUT2D eigenvalue weighted by atomic mass is 79.9. The second-order valence-corrected chi connectivity index (χ2v) is 5.14. The van der Waals surface area contributed by atoms with Crippen LogP contribution in [-0.4, -0.2) is 21.7 Å². The van der Waals surface area contributed by atoms with Crippen molar-refractivity contribution >= 4 is 27.7 Å². The molecular formula is C11H9BrN2O2. The normalized spacial score (nSPS) is 27.2. The van der Waals surface area contributed by atoms with Crippen molar-refractivity contribution in [3.05, 3.63) is 28.5 Å². The Morgan fingerprint density at radius 2 is 2.00 bits per heavy atom. The second kappa shape index (κ2) is 3.38. The van der Waals surface area contributed by atoms with Crippen LogP contribution in [0.2, 0.25) is 0 Å². The molecule has 2 aliphatic rings. The lowest BCUT2D eigenvalue weighted by Gasteiger charge is -2.16. The Labute approximate surface area is 101 Å². The molecule has 0 N–H and O–H groups in total. The van der Waals surface area contributed by atoms with Gasteiger partial charge in [-0.15, -0.1) is 0 Å². The summed E-state index contributed by atoms with van der Waals surface area (Å²) in [5, 5.41) is 0. The number of amides is 2. The van der Waals surface area contributed by atoms with E-state index in [9.17, 15) is 9.59 Å². The average Bonchev–Trinajstić information content (AvgIpc) is 2.99. The summed E-state index contributed by atoms with van der Waals surface area (Å²) in [4.78, 5) is 28.8. The lowest BCUT2D eigenvalue weighted by Crippen LogP contribution is -2.32. The molecule has 1 saturated carbocycles. The molecule has 2 unspecified atom stereocenters. The van der Waals surface area contributed by atoms with Gasteiger partial charge in [0.05, 0.1) is 18.4 Å². The van der Waals surface area contributed by atoms with Crippen molar-refractivity contribution in [1.82, 2.24) is 9.88 Å². The predicted molar refractivity (Wildman–Crippen MR) is 59.1 cm³/mol. The van der Waals surface area contributed by atoms with Crippen molar-refractivity contribution in [2.75, 3.05) is 0 Å². The van der Waals surface area contributed by atoms with E-state index in [-0.39, 0.29) is 23.7 Å². The molecule has 1 aromatic heterocycles. The highest BCUT2D eigenvalue weighted by Crippen LogP contribution is 2.47. The van der Waals surface area contributed by atoms with Gasteiger partial charge < -0.3 is 0 Å². The second-order valence-electron chi connectivity index (χ2n) is 4.22. The molecule has 3 rings (SSSR count). The van der Waals surface area contributed by atoms with E-state index in [2.05, 4.69) is 20.9 Å². The van der Waals surface area contributed by atoms with Gasteiger partial charge in [0, 0.05) is 16.9 Å². The largest absolute Gasteiger partial charge is 0.278 e. The van der Waals surface area contributed by atoms with Gasteiger partial charge in [-0.05, 0) is 34.0 Å². The number of carbonyl (C=O) groups is 2. The Balaban J connectivity index is 1.80. The summed E-state index contributed by atoms with van der Waals surface area (Å²) >= 11 is 3.31. The van der Waals surface area contributed by atoms with E-state index in [1.54, 1.807) is 12.4 Å². The molecule has 2 amide bonds. The summed E-state index contributed by atoms with van der Waals surface area (Å²) in [7, 11) is 0. The molecule has 1 aromatic rings. The number of imide groups is 1. The summed E-state index contributed by atoms with van der Waals surface area (Å²) in [6, 6.07) is 1.87. The number of hydrogen-bond acceptors (Lipinski definition) is 3. The summed E-state index contributed by atoms with van der Waals surface area (Å²) in [6.45, 7) is 0.344. The van der Waals surface area contributed by atoms with Gasteiger partial charge in [0.1, 0.15) is 0 Å².